The zero-order chi connectivity index (χ0) is 26.9. The van der Waals surface area contributed by atoms with Crippen molar-refractivity contribution in [3.05, 3.63) is 46.4 Å². The molecule has 9 nitrogen and oxygen atoms in total. The van der Waals surface area contributed by atoms with Crippen LogP contribution >= 0.6 is 34.8 Å². The number of carbonyl (C=O) groups is 2. The van der Waals surface area contributed by atoms with Gasteiger partial charge in [0.25, 0.3) is 0 Å². The van der Waals surface area contributed by atoms with Crippen LogP contribution in [0.5, 0.6) is 11.5 Å². The highest BCUT2D eigenvalue weighted by molar-refractivity contribution is 7.91. The Bertz CT molecular complexity index is 1170. The number of benzene rings is 2. The molecule has 36 heavy (non-hydrogen) atoms. The second-order valence-corrected chi connectivity index (χ2v) is 10.5. The van der Waals surface area contributed by atoms with Crippen LogP contribution in [-0.2, 0) is 33.6 Å². The van der Waals surface area contributed by atoms with Crippen LogP contribution in [0, 0.1) is 0 Å². The number of carbonyl (C=O) groups excluding carboxylic acids is 2. The molecule has 13 heteroatoms. The Morgan fingerprint density at radius 1 is 0.806 bits per heavy atom. The number of methoxy groups -OCH3 is 1. The molecule has 2 aromatic carbocycles. The maximum Gasteiger partial charge on any atom is 0.303 e. The summed E-state index contributed by atoms with van der Waals surface area (Å²) in [6.07, 6.45) is -1.35. The van der Waals surface area contributed by atoms with E-state index in [4.69, 9.17) is 58.5 Å². The fourth-order valence-corrected chi connectivity index (χ4v) is 4.98. The molecule has 2 atom stereocenters. The van der Waals surface area contributed by atoms with Crippen molar-refractivity contribution in [1.82, 2.24) is 0 Å². The van der Waals surface area contributed by atoms with Crippen molar-refractivity contribution in [3.63, 3.8) is 0 Å². The number of sulfone groups is 1. The van der Waals surface area contributed by atoms with Crippen molar-refractivity contribution < 1.29 is 41.7 Å². The van der Waals surface area contributed by atoms with Gasteiger partial charge in [-0.1, -0.05) is 23.2 Å². The summed E-state index contributed by atoms with van der Waals surface area (Å²) in [7, 11) is -2.53. The molecular formula is C23H25Cl3O9S. The number of ether oxygens (including phenoxy) is 5. The summed E-state index contributed by atoms with van der Waals surface area (Å²) in [6, 6.07) is 7.92. The van der Waals surface area contributed by atoms with Crippen molar-refractivity contribution in [2.75, 3.05) is 32.8 Å². The van der Waals surface area contributed by atoms with Gasteiger partial charge < -0.3 is 23.7 Å². The van der Waals surface area contributed by atoms with Gasteiger partial charge in [0.2, 0.25) is 9.84 Å². The van der Waals surface area contributed by atoms with Crippen LogP contribution in [0.3, 0.4) is 0 Å². The monoisotopic (exact) mass is 582 g/mol. The molecule has 0 fully saturated rings. The SMILES string of the molecule is COC[C@H](COc1ccc(S(=O)(=O)c2ccc(OC[C@H](CCl)OC(C)=O)c(Cl)c2)cc1Cl)OC(C)=O. The molecule has 0 saturated heterocycles. The molecular weight excluding hydrogens is 559 g/mol. The van der Waals surface area contributed by atoms with E-state index in [0.717, 1.165) is 0 Å². The summed E-state index contributed by atoms with van der Waals surface area (Å²) in [5.74, 6) is -0.594. The highest BCUT2D eigenvalue weighted by Gasteiger charge is 2.22. The number of halogens is 3. The molecule has 0 heterocycles. The molecule has 198 valence electrons. The molecule has 2 aromatic rings. The maximum atomic E-state index is 13.1. The first-order valence-electron chi connectivity index (χ1n) is 10.5. The lowest BCUT2D eigenvalue weighted by Gasteiger charge is -2.18. The van der Waals surface area contributed by atoms with Crippen LogP contribution in [0.1, 0.15) is 13.8 Å². The van der Waals surface area contributed by atoms with Gasteiger partial charge in [0.1, 0.15) is 30.8 Å². The lowest BCUT2D eigenvalue weighted by molar-refractivity contribution is -0.150. The quantitative estimate of drug-likeness (QED) is 0.251. The number of alkyl halides is 1. The van der Waals surface area contributed by atoms with E-state index >= 15 is 0 Å². The van der Waals surface area contributed by atoms with Crippen molar-refractivity contribution in [2.24, 2.45) is 0 Å². The van der Waals surface area contributed by atoms with Crippen molar-refractivity contribution in [2.45, 2.75) is 35.8 Å². The van der Waals surface area contributed by atoms with Crippen LogP contribution in [0.15, 0.2) is 46.2 Å². The summed E-state index contributed by atoms with van der Waals surface area (Å²) >= 11 is 18.2. The number of hydrogen-bond acceptors (Lipinski definition) is 9. The Labute approximate surface area is 224 Å². The van der Waals surface area contributed by atoms with Crippen LogP contribution < -0.4 is 9.47 Å². The van der Waals surface area contributed by atoms with Gasteiger partial charge >= 0.3 is 11.9 Å². The Morgan fingerprint density at radius 3 is 1.64 bits per heavy atom. The maximum absolute atomic E-state index is 13.1. The van der Waals surface area contributed by atoms with E-state index in [1.165, 1.54) is 57.4 Å². The number of hydrogen-bond donors (Lipinski definition) is 0. The first kappa shape index (κ1) is 30.0. The third-order valence-corrected chi connectivity index (χ3v) is 7.15. The minimum atomic E-state index is -3.98. The smallest absolute Gasteiger partial charge is 0.303 e. The van der Waals surface area contributed by atoms with Gasteiger partial charge in [0, 0.05) is 21.0 Å². The van der Waals surface area contributed by atoms with E-state index in [9.17, 15) is 18.0 Å². The van der Waals surface area contributed by atoms with Crippen molar-refractivity contribution in [3.8, 4) is 11.5 Å². The lowest BCUT2D eigenvalue weighted by Crippen LogP contribution is -2.28. The third-order valence-electron chi connectivity index (χ3n) is 4.47. The number of esters is 2. The van der Waals surface area contributed by atoms with Gasteiger partial charge in [-0.05, 0) is 36.4 Å². The first-order valence-corrected chi connectivity index (χ1v) is 13.2. The molecule has 0 radical (unpaired) electrons. The summed E-state index contributed by atoms with van der Waals surface area (Å²) in [4.78, 5) is 22.1. The Hall–Kier alpha value is -2.24. The minimum absolute atomic E-state index is 0.0148. The van der Waals surface area contributed by atoms with Crippen molar-refractivity contribution >= 4 is 56.6 Å². The van der Waals surface area contributed by atoms with Crippen LogP contribution in [0.2, 0.25) is 10.0 Å². The van der Waals surface area contributed by atoms with Gasteiger partial charge in [0.05, 0.1) is 32.3 Å². The number of rotatable bonds is 13. The van der Waals surface area contributed by atoms with Gasteiger partial charge in [-0.3, -0.25) is 9.59 Å². The predicted molar refractivity (Wildman–Crippen MR) is 133 cm³/mol. The first-order chi connectivity index (χ1) is 17.0. The average Bonchev–Trinajstić information content (AvgIpc) is 2.80. The van der Waals surface area contributed by atoms with Gasteiger partial charge in [-0.15, -0.1) is 11.6 Å². The van der Waals surface area contributed by atoms with Gasteiger partial charge in [-0.25, -0.2) is 8.42 Å². The average molecular weight is 584 g/mol. The molecule has 0 N–H and O–H groups in total. The fraction of sp³-hybridized carbons (Fsp3) is 0.391. The van der Waals surface area contributed by atoms with E-state index in [0.29, 0.717) is 0 Å². The summed E-state index contributed by atoms with van der Waals surface area (Å²) in [5.41, 5.74) is 0. The Kier molecular flexibility index (Phi) is 11.6. The molecule has 0 aliphatic rings. The van der Waals surface area contributed by atoms with E-state index in [2.05, 4.69) is 0 Å². The Balaban J connectivity index is 2.15. The van der Waals surface area contributed by atoms with Crippen molar-refractivity contribution in [1.29, 1.82) is 0 Å². The normalized spacial score (nSPS) is 12.9. The molecule has 0 aliphatic carbocycles. The second kappa shape index (κ2) is 13.9. The molecule has 0 aromatic heterocycles. The molecule has 0 amide bonds. The van der Waals surface area contributed by atoms with E-state index < -0.39 is 34.0 Å². The highest BCUT2D eigenvalue weighted by Crippen LogP contribution is 2.33. The van der Waals surface area contributed by atoms with E-state index in [1.807, 2.05) is 0 Å². The molecule has 0 bridgehead atoms. The lowest BCUT2D eigenvalue weighted by atomic mass is 10.3. The van der Waals surface area contributed by atoms with E-state index in [-0.39, 0.29) is 57.0 Å². The van der Waals surface area contributed by atoms with Gasteiger partial charge in [0.15, 0.2) is 6.10 Å². The molecule has 0 aliphatic heterocycles. The summed E-state index contributed by atoms with van der Waals surface area (Å²) in [5, 5.41) is 0.0756. The molecule has 0 saturated carbocycles. The third kappa shape index (κ3) is 8.70. The fourth-order valence-electron chi connectivity index (χ4n) is 2.91. The Morgan fingerprint density at radius 2 is 1.25 bits per heavy atom. The topological polar surface area (TPSA) is 114 Å². The highest BCUT2D eigenvalue weighted by atomic mass is 35.5. The molecule has 2 rings (SSSR count). The zero-order valence-corrected chi connectivity index (χ0v) is 22.7. The second-order valence-electron chi connectivity index (χ2n) is 7.38. The summed E-state index contributed by atoms with van der Waals surface area (Å²) < 4.78 is 52.4. The minimum Gasteiger partial charge on any atom is -0.488 e. The largest absolute Gasteiger partial charge is 0.488 e. The van der Waals surface area contributed by atoms with Crippen LogP contribution in [-0.4, -0.2) is 65.4 Å². The molecule has 0 spiro atoms. The summed E-state index contributed by atoms with van der Waals surface area (Å²) in [6.45, 7) is 2.52. The molecule has 0 unspecified atom stereocenters. The predicted octanol–water partition coefficient (Wildman–Crippen LogP) is 4.33. The van der Waals surface area contributed by atoms with Crippen LogP contribution in [0.25, 0.3) is 0 Å². The standard InChI is InChI=1S/C23H25Cl3O9S/c1-14(27)34-16(10-24)12-32-22-6-4-18(8-20(22)25)36(29,30)19-5-7-23(21(26)9-19)33-13-17(11-31-3)35-15(2)28/h4-9,16-17H,10-13H2,1-3H3/t16-,17+/m0/s1. The van der Waals surface area contributed by atoms with E-state index in [1.54, 1.807) is 0 Å². The van der Waals surface area contributed by atoms with Gasteiger partial charge in [-0.2, -0.15) is 0 Å². The van der Waals surface area contributed by atoms with Crippen LogP contribution in [0.4, 0.5) is 0 Å². The zero-order valence-electron chi connectivity index (χ0n) is 19.7.